The molecule has 0 aromatic heterocycles. The Hall–Kier alpha value is -3.93. The standard InChI is InChI=1S/C25H24N2O4/c1-2-31-25(30)20-13-15-21(16-14-20)26-24(29)22(17-18-9-5-3-6-10-18)27-23(28)19-11-7-4-8-12-19/h3-16,22H,2,17H2,1H3,(H,26,29)(H,27,28)/t22-/m1/s1. The largest absolute Gasteiger partial charge is 0.462 e. The monoisotopic (exact) mass is 416 g/mol. The minimum absolute atomic E-state index is 0.291. The average molecular weight is 416 g/mol. The van der Waals surface area contributed by atoms with Gasteiger partial charge in [-0.15, -0.1) is 0 Å². The van der Waals surface area contributed by atoms with E-state index in [1.165, 1.54) is 0 Å². The van der Waals surface area contributed by atoms with Crippen LogP contribution in [0.5, 0.6) is 0 Å². The Kier molecular flexibility index (Phi) is 7.54. The van der Waals surface area contributed by atoms with Crippen molar-refractivity contribution >= 4 is 23.5 Å². The zero-order valence-electron chi connectivity index (χ0n) is 17.2. The second kappa shape index (κ2) is 10.7. The van der Waals surface area contributed by atoms with E-state index in [1.54, 1.807) is 55.5 Å². The summed E-state index contributed by atoms with van der Waals surface area (Å²) in [5.41, 5.74) is 2.32. The number of anilines is 1. The van der Waals surface area contributed by atoms with Crippen LogP contribution in [0.2, 0.25) is 0 Å². The van der Waals surface area contributed by atoms with Gasteiger partial charge in [0.05, 0.1) is 12.2 Å². The van der Waals surface area contributed by atoms with Crippen molar-refractivity contribution in [3.63, 3.8) is 0 Å². The van der Waals surface area contributed by atoms with E-state index >= 15 is 0 Å². The lowest BCUT2D eigenvalue weighted by Gasteiger charge is -2.19. The number of ether oxygens (including phenoxy) is 1. The van der Waals surface area contributed by atoms with Crippen LogP contribution in [0.15, 0.2) is 84.9 Å². The van der Waals surface area contributed by atoms with Gasteiger partial charge >= 0.3 is 5.97 Å². The molecule has 31 heavy (non-hydrogen) atoms. The molecule has 6 nitrogen and oxygen atoms in total. The Balaban J connectivity index is 1.73. The number of amides is 2. The molecule has 3 aromatic rings. The molecule has 0 unspecified atom stereocenters. The minimum atomic E-state index is -0.778. The smallest absolute Gasteiger partial charge is 0.338 e. The second-order valence-electron chi connectivity index (χ2n) is 6.87. The first-order valence-electron chi connectivity index (χ1n) is 10.0. The minimum Gasteiger partial charge on any atom is -0.462 e. The maximum Gasteiger partial charge on any atom is 0.338 e. The number of carbonyl (C=O) groups is 3. The molecule has 0 fully saturated rings. The topological polar surface area (TPSA) is 84.5 Å². The number of hydrogen-bond acceptors (Lipinski definition) is 4. The number of benzene rings is 3. The Morgan fingerprint density at radius 2 is 1.42 bits per heavy atom. The number of esters is 1. The summed E-state index contributed by atoms with van der Waals surface area (Å²) in [6.45, 7) is 2.03. The van der Waals surface area contributed by atoms with Crippen LogP contribution in [-0.4, -0.2) is 30.4 Å². The van der Waals surface area contributed by atoms with Crippen molar-refractivity contribution in [3.05, 3.63) is 102 Å². The molecule has 0 saturated heterocycles. The molecule has 0 heterocycles. The van der Waals surface area contributed by atoms with Gasteiger partial charge in [0.2, 0.25) is 5.91 Å². The number of hydrogen-bond donors (Lipinski definition) is 2. The lowest BCUT2D eigenvalue weighted by molar-refractivity contribution is -0.118. The zero-order valence-corrected chi connectivity index (χ0v) is 17.2. The number of nitrogens with one attached hydrogen (secondary N) is 2. The van der Waals surface area contributed by atoms with Gasteiger partial charge in [0.1, 0.15) is 6.04 Å². The molecule has 2 amide bonds. The van der Waals surface area contributed by atoms with E-state index in [0.717, 1.165) is 5.56 Å². The second-order valence-corrected chi connectivity index (χ2v) is 6.87. The van der Waals surface area contributed by atoms with Crippen molar-refractivity contribution in [2.24, 2.45) is 0 Å². The molecule has 0 aliphatic heterocycles. The number of rotatable bonds is 8. The maximum absolute atomic E-state index is 13.0. The van der Waals surface area contributed by atoms with Crippen LogP contribution < -0.4 is 10.6 Å². The van der Waals surface area contributed by atoms with E-state index in [-0.39, 0.29) is 11.8 Å². The highest BCUT2D eigenvalue weighted by Crippen LogP contribution is 2.13. The lowest BCUT2D eigenvalue weighted by atomic mass is 10.0. The van der Waals surface area contributed by atoms with Crippen LogP contribution in [-0.2, 0) is 16.0 Å². The normalized spacial score (nSPS) is 11.3. The molecule has 0 radical (unpaired) electrons. The van der Waals surface area contributed by atoms with Crippen LogP contribution >= 0.6 is 0 Å². The van der Waals surface area contributed by atoms with Crippen molar-refractivity contribution in [3.8, 4) is 0 Å². The summed E-state index contributed by atoms with van der Waals surface area (Å²) in [4.78, 5) is 37.4. The fourth-order valence-corrected chi connectivity index (χ4v) is 3.02. The van der Waals surface area contributed by atoms with Crippen LogP contribution in [0.1, 0.15) is 33.2 Å². The lowest BCUT2D eigenvalue weighted by Crippen LogP contribution is -2.45. The van der Waals surface area contributed by atoms with Gasteiger partial charge in [-0.3, -0.25) is 9.59 Å². The summed E-state index contributed by atoms with van der Waals surface area (Å²) in [6.07, 6.45) is 0.339. The molecule has 3 rings (SSSR count). The molecule has 0 spiro atoms. The van der Waals surface area contributed by atoms with E-state index in [9.17, 15) is 14.4 Å². The van der Waals surface area contributed by atoms with Gasteiger partial charge in [-0.1, -0.05) is 48.5 Å². The summed E-state index contributed by atoms with van der Waals surface area (Å²) >= 11 is 0. The van der Waals surface area contributed by atoms with Gasteiger partial charge in [0, 0.05) is 17.7 Å². The van der Waals surface area contributed by atoms with Gasteiger partial charge in [-0.2, -0.15) is 0 Å². The Bertz CT molecular complexity index is 1020. The van der Waals surface area contributed by atoms with E-state index in [2.05, 4.69) is 10.6 Å². The van der Waals surface area contributed by atoms with Gasteiger partial charge in [0.15, 0.2) is 0 Å². The summed E-state index contributed by atoms with van der Waals surface area (Å²) in [5.74, 6) is -1.09. The summed E-state index contributed by atoms with van der Waals surface area (Å²) in [7, 11) is 0. The first-order chi connectivity index (χ1) is 15.1. The Morgan fingerprint density at radius 1 is 0.806 bits per heavy atom. The van der Waals surface area contributed by atoms with Crippen molar-refractivity contribution in [2.45, 2.75) is 19.4 Å². The first-order valence-corrected chi connectivity index (χ1v) is 10.0. The summed E-state index contributed by atoms with van der Waals surface area (Å²) in [5, 5.41) is 5.63. The molecule has 6 heteroatoms. The third kappa shape index (κ3) is 6.27. The quantitative estimate of drug-likeness (QED) is 0.547. The predicted molar refractivity (Wildman–Crippen MR) is 119 cm³/mol. The van der Waals surface area contributed by atoms with Crippen LogP contribution in [0.4, 0.5) is 5.69 Å². The molecule has 2 N–H and O–H groups in total. The van der Waals surface area contributed by atoms with Crippen LogP contribution in [0.25, 0.3) is 0 Å². The highest BCUT2D eigenvalue weighted by molar-refractivity contribution is 6.01. The van der Waals surface area contributed by atoms with Crippen molar-refractivity contribution in [2.75, 3.05) is 11.9 Å². The predicted octanol–water partition coefficient (Wildman–Crippen LogP) is 3.84. The van der Waals surface area contributed by atoms with Gasteiger partial charge in [-0.05, 0) is 48.9 Å². The molecule has 1 atom stereocenters. The molecule has 0 aliphatic carbocycles. The number of carbonyl (C=O) groups excluding carboxylic acids is 3. The molecule has 3 aromatic carbocycles. The zero-order chi connectivity index (χ0) is 22.1. The Morgan fingerprint density at radius 3 is 2.03 bits per heavy atom. The van der Waals surface area contributed by atoms with Crippen molar-refractivity contribution in [1.29, 1.82) is 0 Å². The van der Waals surface area contributed by atoms with E-state index in [0.29, 0.717) is 29.8 Å². The highest BCUT2D eigenvalue weighted by atomic mass is 16.5. The van der Waals surface area contributed by atoms with Crippen molar-refractivity contribution < 1.29 is 19.1 Å². The molecule has 0 bridgehead atoms. The van der Waals surface area contributed by atoms with E-state index < -0.39 is 12.0 Å². The molecular weight excluding hydrogens is 392 g/mol. The van der Waals surface area contributed by atoms with Gasteiger partial charge < -0.3 is 15.4 Å². The summed E-state index contributed by atoms with van der Waals surface area (Å²) < 4.78 is 4.97. The molecule has 158 valence electrons. The third-order valence-electron chi connectivity index (χ3n) is 4.60. The highest BCUT2D eigenvalue weighted by Gasteiger charge is 2.22. The van der Waals surface area contributed by atoms with Crippen LogP contribution in [0, 0.1) is 0 Å². The van der Waals surface area contributed by atoms with E-state index in [1.807, 2.05) is 36.4 Å². The summed E-state index contributed by atoms with van der Waals surface area (Å²) in [6, 6.07) is 23.9. The fraction of sp³-hybridized carbons (Fsp3) is 0.160. The molecule has 0 saturated carbocycles. The molecule has 0 aliphatic rings. The third-order valence-corrected chi connectivity index (χ3v) is 4.60. The average Bonchev–Trinajstić information content (AvgIpc) is 2.80. The van der Waals surface area contributed by atoms with Crippen molar-refractivity contribution in [1.82, 2.24) is 5.32 Å². The van der Waals surface area contributed by atoms with E-state index in [4.69, 9.17) is 4.74 Å². The Labute approximate surface area is 181 Å². The first kappa shape index (κ1) is 21.8. The van der Waals surface area contributed by atoms with Gasteiger partial charge in [0.25, 0.3) is 5.91 Å². The van der Waals surface area contributed by atoms with Gasteiger partial charge in [-0.25, -0.2) is 4.79 Å². The van der Waals surface area contributed by atoms with Crippen LogP contribution in [0.3, 0.4) is 0 Å². The molecular formula is C25H24N2O4. The maximum atomic E-state index is 13.0. The fourth-order valence-electron chi connectivity index (χ4n) is 3.02. The SMILES string of the molecule is CCOC(=O)c1ccc(NC(=O)[C@@H](Cc2ccccc2)NC(=O)c2ccccc2)cc1.